The number of carbonyl (C=O) groups is 2. The molecule has 1 heterocycles. The first-order chi connectivity index (χ1) is 13.8. The predicted molar refractivity (Wildman–Crippen MR) is 104 cm³/mol. The van der Waals surface area contributed by atoms with Crippen molar-refractivity contribution in [2.24, 2.45) is 0 Å². The van der Waals surface area contributed by atoms with Crippen LogP contribution >= 0.6 is 11.6 Å². The molecule has 1 aromatic heterocycles. The Morgan fingerprint density at radius 1 is 1.07 bits per heavy atom. The molecule has 0 aliphatic rings. The molecule has 3 rings (SSSR count). The highest BCUT2D eigenvalue weighted by Gasteiger charge is 2.18. The van der Waals surface area contributed by atoms with Crippen LogP contribution in [0.2, 0.25) is 5.02 Å². The third-order valence-electron chi connectivity index (χ3n) is 3.81. The number of aromatic nitrogens is 3. The maximum atomic E-state index is 12.3. The summed E-state index contributed by atoms with van der Waals surface area (Å²) in [6, 6.07) is 11.4. The number of nitrogens with zero attached hydrogens (tertiary/aromatic N) is 4. The molecule has 3 aromatic rings. The average Bonchev–Trinajstić information content (AvgIpc) is 3.09. The highest BCUT2D eigenvalue weighted by molar-refractivity contribution is 6.30. The predicted octanol–water partition coefficient (Wildman–Crippen LogP) is 2.60. The first kappa shape index (κ1) is 19.8. The molecule has 29 heavy (non-hydrogen) atoms. The minimum absolute atomic E-state index is 0.0184. The number of urea groups is 1. The number of rotatable bonds is 4. The van der Waals surface area contributed by atoms with Crippen LogP contribution in [0.25, 0.3) is 5.69 Å². The van der Waals surface area contributed by atoms with Crippen LogP contribution in [0.15, 0.2) is 48.5 Å². The van der Waals surface area contributed by atoms with Gasteiger partial charge in [0.15, 0.2) is 5.69 Å². The Balaban J connectivity index is 1.63. The van der Waals surface area contributed by atoms with E-state index in [9.17, 15) is 19.7 Å². The molecular formula is C17H14ClN7O4. The van der Waals surface area contributed by atoms with Gasteiger partial charge in [-0.2, -0.15) is 0 Å². The number of halogens is 1. The summed E-state index contributed by atoms with van der Waals surface area (Å²) in [7, 11) is 0. The fraction of sp³-hybridized carbons (Fsp3) is 0.0588. The van der Waals surface area contributed by atoms with Crippen molar-refractivity contribution in [2.75, 3.05) is 5.32 Å². The SMILES string of the molecule is Cc1c(C(=O)NNC(=O)Nc2ccc(Cl)cc2)nnn1-c1ccc([N+](=O)[O-])cc1. The van der Waals surface area contributed by atoms with E-state index in [0.717, 1.165) is 0 Å². The van der Waals surface area contributed by atoms with Crippen molar-refractivity contribution >= 4 is 34.9 Å². The Labute approximate surface area is 168 Å². The summed E-state index contributed by atoms with van der Waals surface area (Å²) in [6.07, 6.45) is 0. The molecule has 0 fully saturated rings. The second kappa shape index (κ2) is 8.35. The summed E-state index contributed by atoms with van der Waals surface area (Å²) < 4.78 is 1.35. The summed E-state index contributed by atoms with van der Waals surface area (Å²) in [5.74, 6) is -0.679. The van der Waals surface area contributed by atoms with Crippen LogP contribution < -0.4 is 16.2 Å². The number of benzene rings is 2. The third kappa shape index (κ3) is 4.65. The summed E-state index contributed by atoms with van der Waals surface area (Å²) >= 11 is 5.77. The van der Waals surface area contributed by atoms with Crippen molar-refractivity contribution in [1.82, 2.24) is 25.8 Å². The van der Waals surface area contributed by atoms with Gasteiger partial charge in [-0.3, -0.25) is 20.3 Å². The molecule has 0 atom stereocenters. The molecule has 11 nitrogen and oxygen atoms in total. The van der Waals surface area contributed by atoms with E-state index in [2.05, 4.69) is 26.5 Å². The Morgan fingerprint density at radius 3 is 2.34 bits per heavy atom. The number of amides is 3. The summed E-state index contributed by atoms with van der Waals surface area (Å²) in [5, 5.41) is 21.5. The largest absolute Gasteiger partial charge is 0.337 e. The Kier molecular flexibility index (Phi) is 5.69. The zero-order chi connectivity index (χ0) is 21.0. The minimum Gasteiger partial charge on any atom is -0.307 e. The molecule has 0 spiro atoms. The van der Waals surface area contributed by atoms with Gasteiger partial charge in [0.2, 0.25) is 0 Å². The minimum atomic E-state index is -0.679. The molecule has 12 heteroatoms. The molecule has 0 aliphatic heterocycles. The first-order valence-corrected chi connectivity index (χ1v) is 8.53. The molecule has 0 aliphatic carbocycles. The molecule has 0 radical (unpaired) electrons. The van der Waals surface area contributed by atoms with Gasteiger partial charge in [-0.1, -0.05) is 16.8 Å². The average molecular weight is 416 g/mol. The van der Waals surface area contributed by atoms with Gasteiger partial charge in [0.25, 0.3) is 11.6 Å². The highest BCUT2D eigenvalue weighted by atomic mass is 35.5. The van der Waals surface area contributed by atoms with Crippen LogP contribution in [-0.2, 0) is 0 Å². The topological polar surface area (TPSA) is 144 Å². The normalized spacial score (nSPS) is 10.3. The van der Waals surface area contributed by atoms with E-state index < -0.39 is 16.9 Å². The zero-order valence-corrected chi connectivity index (χ0v) is 15.7. The molecule has 148 valence electrons. The number of hydrogen-bond donors (Lipinski definition) is 3. The fourth-order valence-corrected chi connectivity index (χ4v) is 2.49. The van der Waals surface area contributed by atoms with Crippen LogP contribution in [0, 0.1) is 17.0 Å². The number of non-ortho nitro benzene ring substituents is 1. The van der Waals surface area contributed by atoms with Crippen LogP contribution in [0.4, 0.5) is 16.2 Å². The van der Waals surface area contributed by atoms with Gasteiger partial charge in [0, 0.05) is 22.8 Å². The zero-order valence-electron chi connectivity index (χ0n) is 14.9. The van der Waals surface area contributed by atoms with Gasteiger partial charge in [0.05, 0.1) is 16.3 Å². The van der Waals surface area contributed by atoms with Crippen molar-refractivity contribution in [3.8, 4) is 5.69 Å². The molecule has 2 aromatic carbocycles. The molecule has 0 saturated heterocycles. The van der Waals surface area contributed by atoms with Crippen molar-refractivity contribution in [3.63, 3.8) is 0 Å². The van der Waals surface area contributed by atoms with Crippen LogP contribution in [-0.4, -0.2) is 31.9 Å². The van der Waals surface area contributed by atoms with Gasteiger partial charge in [-0.05, 0) is 43.3 Å². The molecule has 3 N–H and O–H groups in total. The maximum absolute atomic E-state index is 12.3. The maximum Gasteiger partial charge on any atom is 0.337 e. The molecule has 0 unspecified atom stereocenters. The van der Waals surface area contributed by atoms with E-state index in [1.807, 2.05) is 0 Å². The van der Waals surface area contributed by atoms with Gasteiger partial charge in [0.1, 0.15) is 0 Å². The van der Waals surface area contributed by atoms with Crippen molar-refractivity contribution in [1.29, 1.82) is 0 Å². The lowest BCUT2D eigenvalue weighted by molar-refractivity contribution is -0.384. The highest BCUT2D eigenvalue weighted by Crippen LogP contribution is 2.17. The van der Waals surface area contributed by atoms with Gasteiger partial charge in [-0.15, -0.1) is 5.10 Å². The number of hydrogen-bond acceptors (Lipinski definition) is 6. The van der Waals surface area contributed by atoms with E-state index in [0.29, 0.717) is 22.1 Å². The number of hydrazine groups is 1. The van der Waals surface area contributed by atoms with Gasteiger partial charge < -0.3 is 5.32 Å². The van der Waals surface area contributed by atoms with Gasteiger partial charge in [-0.25, -0.2) is 14.9 Å². The Morgan fingerprint density at radius 2 is 1.72 bits per heavy atom. The van der Waals surface area contributed by atoms with Crippen molar-refractivity contribution < 1.29 is 14.5 Å². The standard InChI is InChI=1S/C17H14ClN7O4/c1-10-15(20-23-24(10)13-6-8-14(9-7-13)25(28)29)16(26)21-22-17(27)19-12-4-2-11(18)3-5-12/h2-9H,1H3,(H,21,26)(H2,19,22,27). The summed E-state index contributed by atoms with van der Waals surface area (Å²) in [5.41, 5.74) is 5.71. The van der Waals surface area contributed by atoms with E-state index in [1.54, 1.807) is 31.2 Å². The molecule has 0 bridgehead atoms. The van der Waals surface area contributed by atoms with Crippen molar-refractivity contribution in [3.05, 3.63) is 75.1 Å². The van der Waals surface area contributed by atoms with E-state index >= 15 is 0 Å². The van der Waals surface area contributed by atoms with Crippen molar-refractivity contribution in [2.45, 2.75) is 6.92 Å². The lowest BCUT2D eigenvalue weighted by atomic mass is 10.2. The molecule has 0 saturated carbocycles. The van der Waals surface area contributed by atoms with Crippen LogP contribution in [0.3, 0.4) is 0 Å². The van der Waals surface area contributed by atoms with E-state index in [1.165, 1.54) is 28.9 Å². The number of carbonyl (C=O) groups excluding carboxylic acids is 2. The number of nitrogens with one attached hydrogen (secondary N) is 3. The number of nitro benzene ring substituents is 1. The molecule has 3 amide bonds. The van der Waals surface area contributed by atoms with E-state index in [-0.39, 0.29) is 11.4 Å². The smallest absolute Gasteiger partial charge is 0.307 e. The first-order valence-electron chi connectivity index (χ1n) is 8.15. The Bertz CT molecular complexity index is 1060. The monoisotopic (exact) mass is 415 g/mol. The van der Waals surface area contributed by atoms with Crippen LogP contribution in [0.1, 0.15) is 16.2 Å². The molecular weight excluding hydrogens is 402 g/mol. The van der Waals surface area contributed by atoms with Gasteiger partial charge >= 0.3 is 6.03 Å². The quantitative estimate of drug-likeness (QED) is 0.441. The van der Waals surface area contributed by atoms with Crippen LogP contribution in [0.5, 0.6) is 0 Å². The second-order valence-electron chi connectivity index (χ2n) is 5.75. The fourth-order valence-electron chi connectivity index (χ4n) is 2.37. The second-order valence-corrected chi connectivity index (χ2v) is 6.19. The summed E-state index contributed by atoms with van der Waals surface area (Å²) in [4.78, 5) is 34.4. The van der Waals surface area contributed by atoms with E-state index in [4.69, 9.17) is 11.6 Å². The Hall–Kier alpha value is -3.99. The lowest BCUT2D eigenvalue weighted by Crippen LogP contribution is -2.44. The number of nitro groups is 1. The lowest BCUT2D eigenvalue weighted by Gasteiger charge is -2.08. The third-order valence-corrected chi connectivity index (χ3v) is 4.06. The number of anilines is 1. The summed E-state index contributed by atoms with van der Waals surface area (Å²) in [6.45, 7) is 1.60.